The number of anilines is 2. The van der Waals surface area contributed by atoms with Gasteiger partial charge in [-0.1, -0.05) is 12.1 Å². The third-order valence-corrected chi connectivity index (χ3v) is 4.24. The second-order valence-electron chi connectivity index (χ2n) is 4.39. The third kappa shape index (κ3) is 2.52. The number of nitrogens with zero attached hydrogens (tertiary/aromatic N) is 1. The summed E-state index contributed by atoms with van der Waals surface area (Å²) >= 11 is 0. The van der Waals surface area contributed by atoms with Gasteiger partial charge in [-0.3, -0.25) is 0 Å². The van der Waals surface area contributed by atoms with Crippen LogP contribution in [0.2, 0.25) is 0 Å². The Morgan fingerprint density at radius 2 is 1.95 bits per heavy atom. The van der Waals surface area contributed by atoms with Gasteiger partial charge in [0.05, 0.1) is 21.6 Å². The van der Waals surface area contributed by atoms with Crippen LogP contribution in [0.1, 0.15) is 0 Å². The minimum atomic E-state index is -3.94. The molecule has 0 radical (unpaired) electrons. The zero-order valence-corrected chi connectivity index (χ0v) is 11.5. The number of nitrogens with one attached hydrogen (secondary N) is 2. The Morgan fingerprint density at radius 3 is 2.67 bits per heavy atom. The van der Waals surface area contributed by atoms with Crippen molar-refractivity contribution in [2.24, 2.45) is 0 Å². The lowest BCUT2D eigenvalue weighted by Crippen LogP contribution is -2.14. The Morgan fingerprint density at radius 1 is 1.19 bits per heavy atom. The van der Waals surface area contributed by atoms with E-state index >= 15 is 0 Å². The van der Waals surface area contributed by atoms with E-state index in [9.17, 15) is 12.8 Å². The SMILES string of the molecule is Nc1ccc(S(=O)(=O)Nc2nc3ccccc3[nH]2)cc1F. The number of sulfonamides is 1. The van der Waals surface area contributed by atoms with Crippen LogP contribution in [-0.2, 0) is 10.0 Å². The molecule has 6 nitrogen and oxygen atoms in total. The van der Waals surface area contributed by atoms with Crippen molar-refractivity contribution in [2.75, 3.05) is 10.5 Å². The van der Waals surface area contributed by atoms with E-state index in [0.717, 1.165) is 6.07 Å². The first-order valence-corrected chi connectivity index (χ1v) is 7.46. The highest BCUT2D eigenvalue weighted by atomic mass is 32.2. The number of halogens is 1. The summed E-state index contributed by atoms with van der Waals surface area (Å²) in [4.78, 5) is 6.70. The fraction of sp³-hybridized carbons (Fsp3) is 0. The quantitative estimate of drug-likeness (QED) is 0.645. The van der Waals surface area contributed by atoms with Gasteiger partial charge in [-0.2, -0.15) is 0 Å². The van der Waals surface area contributed by atoms with E-state index in [4.69, 9.17) is 5.73 Å². The number of H-pyrrole nitrogens is 1. The lowest BCUT2D eigenvalue weighted by Gasteiger charge is -2.06. The normalized spacial score (nSPS) is 11.7. The molecule has 3 aromatic rings. The van der Waals surface area contributed by atoms with Crippen molar-refractivity contribution in [1.29, 1.82) is 0 Å². The average Bonchev–Trinajstić information content (AvgIpc) is 2.82. The van der Waals surface area contributed by atoms with Crippen LogP contribution < -0.4 is 10.5 Å². The molecule has 8 heteroatoms. The van der Waals surface area contributed by atoms with Gasteiger partial charge >= 0.3 is 0 Å². The summed E-state index contributed by atoms with van der Waals surface area (Å²) in [6.07, 6.45) is 0. The number of nitrogens with two attached hydrogens (primary N) is 1. The monoisotopic (exact) mass is 306 g/mol. The molecule has 0 aliphatic rings. The van der Waals surface area contributed by atoms with Gasteiger partial charge in [0.1, 0.15) is 5.82 Å². The maximum Gasteiger partial charge on any atom is 0.264 e. The minimum Gasteiger partial charge on any atom is -0.396 e. The van der Waals surface area contributed by atoms with Crippen LogP contribution >= 0.6 is 0 Å². The van der Waals surface area contributed by atoms with Gasteiger partial charge in [0.2, 0.25) is 5.95 Å². The van der Waals surface area contributed by atoms with Gasteiger partial charge < -0.3 is 10.7 Å². The van der Waals surface area contributed by atoms with Crippen molar-refractivity contribution in [3.05, 3.63) is 48.3 Å². The Balaban J connectivity index is 1.96. The minimum absolute atomic E-state index is 0.0634. The number of aromatic amines is 1. The molecule has 2 aromatic carbocycles. The molecule has 1 aromatic heterocycles. The van der Waals surface area contributed by atoms with Crippen LogP contribution in [0.15, 0.2) is 47.4 Å². The van der Waals surface area contributed by atoms with E-state index in [-0.39, 0.29) is 16.5 Å². The molecule has 0 fully saturated rings. The number of hydrogen-bond donors (Lipinski definition) is 3. The van der Waals surface area contributed by atoms with Gasteiger partial charge in [0.15, 0.2) is 0 Å². The zero-order valence-electron chi connectivity index (χ0n) is 10.7. The van der Waals surface area contributed by atoms with Gasteiger partial charge in [-0.15, -0.1) is 0 Å². The molecule has 0 saturated carbocycles. The molecule has 0 unspecified atom stereocenters. The zero-order chi connectivity index (χ0) is 15.0. The Hall–Kier alpha value is -2.61. The number of hydrogen-bond acceptors (Lipinski definition) is 4. The topological polar surface area (TPSA) is 101 Å². The van der Waals surface area contributed by atoms with Gasteiger partial charge in [-0.05, 0) is 30.3 Å². The second kappa shape index (κ2) is 4.74. The number of fused-ring (bicyclic) bond motifs is 1. The predicted molar refractivity (Wildman–Crippen MR) is 77.7 cm³/mol. The maximum absolute atomic E-state index is 13.4. The molecular weight excluding hydrogens is 295 g/mol. The molecule has 0 bridgehead atoms. The first-order chi connectivity index (χ1) is 9.95. The smallest absolute Gasteiger partial charge is 0.264 e. The lowest BCUT2D eigenvalue weighted by molar-refractivity contribution is 0.596. The first-order valence-electron chi connectivity index (χ1n) is 5.98. The highest BCUT2D eigenvalue weighted by Gasteiger charge is 2.17. The van der Waals surface area contributed by atoms with Gasteiger partial charge in [-0.25, -0.2) is 22.5 Å². The molecule has 1 heterocycles. The number of aromatic nitrogens is 2. The van der Waals surface area contributed by atoms with E-state index in [1.54, 1.807) is 24.3 Å². The second-order valence-corrected chi connectivity index (χ2v) is 6.07. The van der Waals surface area contributed by atoms with Crippen LogP contribution in [0.4, 0.5) is 16.0 Å². The highest BCUT2D eigenvalue weighted by Crippen LogP contribution is 2.20. The third-order valence-electron chi connectivity index (χ3n) is 2.90. The van der Waals surface area contributed by atoms with Gasteiger partial charge in [0.25, 0.3) is 10.0 Å². The first kappa shape index (κ1) is 13.4. The Bertz CT molecular complexity index is 888. The van der Waals surface area contributed by atoms with E-state index in [1.807, 2.05) is 0 Å². The summed E-state index contributed by atoms with van der Waals surface area (Å²) in [6, 6.07) is 10.4. The molecule has 0 aliphatic heterocycles. The standard InChI is InChI=1S/C13H11FN4O2S/c14-9-7-8(5-6-10(9)15)21(19,20)18-13-16-11-3-1-2-4-12(11)17-13/h1-7H,15H2,(H2,16,17,18). The predicted octanol–water partition coefficient (Wildman–Crippen LogP) is 2.08. The van der Waals surface area contributed by atoms with Crippen LogP contribution in [-0.4, -0.2) is 18.4 Å². The summed E-state index contributed by atoms with van der Waals surface area (Å²) in [6.45, 7) is 0. The summed E-state index contributed by atoms with van der Waals surface area (Å²) in [5, 5.41) is 0. The molecule has 0 aliphatic carbocycles. The molecular formula is C13H11FN4O2S. The molecule has 0 atom stereocenters. The summed E-state index contributed by atoms with van der Waals surface area (Å²) < 4.78 is 40.0. The van der Waals surface area contributed by atoms with E-state index in [1.165, 1.54) is 12.1 Å². The van der Waals surface area contributed by atoms with Crippen molar-refractivity contribution < 1.29 is 12.8 Å². The Kier molecular flexibility index (Phi) is 3.02. The van der Waals surface area contributed by atoms with Crippen LogP contribution in [0, 0.1) is 5.82 Å². The van der Waals surface area contributed by atoms with Crippen LogP contribution in [0.3, 0.4) is 0 Å². The van der Waals surface area contributed by atoms with Crippen LogP contribution in [0.25, 0.3) is 11.0 Å². The van der Waals surface area contributed by atoms with Crippen molar-refractivity contribution in [2.45, 2.75) is 4.90 Å². The van der Waals surface area contributed by atoms with Crippen molar-refractivity contribution in [3.63, 3.8) is 0 Å². The molecule has 21 heavy (non-hydrogen) atoms. The number of benzene rings is 2. The van der Waals surface area contributed by atoms with Crippen LogP contribution in [0.5, 0.6) is 0 Å². The molecule has 3 rings (SSSR count). The summed E-state index contributed by atoms with van der Waals surface area (Å²) in [5.74, 6) is -0.726. The van der Waals surface area contributed by atoms with E-state index in [0.29, 0.717) is 11.0 Å². The molecule has 108 valence electrons. The fourth-order valence-electron chi connectivity index (χ4n) is 1.86. The summed E-state index contributed by atoms with van der Waals surface area (Å²) in [5.41, 5.74) is 6.53. The average molecular weight is 306 g/mol. The van der Waals surface area contributed by atoms with E-state index in [2.05, 4.69) is 14.7 Å². The number of nitrogen functional groups attached to an aromatic ring is 1. The van der Waals surface area contributed by atoms with E-state index < -0.39 is 15.8 Å². The molecule has 0 saturated heterocycles. The number of imidazole rings is 1. The summed E-state index contributed by atoms with van der Waals surface area (Å²) in [7, 11) is -3.94. The van der Waals surface area contributed by atoms with Crippen molar-refractivity contribution in [3.8, 4) is 0 Å². The largest absolute Gasteiger partial charge is 0.396 e. The number of rotatable bonds is 3. The maximum atomic E-state index is 13.4. The highest BCUT2D eigenvalue weighted by molar-refractivity contribution is 7.92. The molecule has 4 N–H and O–H groups in total. The van der Waals surface area contributed by atoms with Gasteiger partial charge in [0, 0.05) is 0 Å². The molecule has 0 amide bonds. The number of para-hydroxylation sites is 2. The Labute approximate surface area is 119 Å². The van der Waals surface area contributed by atoms with Crippen molar-refractivity contribution in [1.82, 2.24) is 9.97 Å². The lowest BCUT2D eigenvalue weighted by atomic mass is 10.3. The van der Waals surface area contributed by atoms with Crippen molar-refractivity contribution >= 4 is 32.7 Å². The fourth-order valence-corrected chi connectivity index (χ4v) is 2.84. The molecule has 0 spiro atoms.